The van der Waals surface area contributed by atoms with Crippen LogP contribution in [-0.4, -0.2) is 28.4 Å². The van der Waals surface area contributed by atoms with Crippen molar-refractivity contribution in [2.45, 2.75) is 56.7 Å². The first kappa shape index (κ1) is 20.6. The maximum absolute atomic E-state index is 14.8. The molecular weight excluding hydrogens is 394 g/mol. The number of fused-ring (bicyclic) bond motifs is 2. The van der Waals surface area contributed by atoms with Crippen molar-refractivity contribution in [2.75, 3.05) is 6.61 Å². The molecule has 0 bridgehead atoms. The number of alkyl halides is 2. The number of rotatable bonds is 6. The van der Waals surface area contributed by atoms with Gasteiger partial charge in [0.2, 0.25) is 0 Å². The highest BCUT2D eigenvalue weighted by Crippen LogP contribution is 2.46. The number of carboxylic acid groups (broad SMARTS) is 1. The molecule has 0 spiro atoms. The van der Waals surface area contributed by atoms with Gasteiger partial charge in [-0.15, -0.1) is 0 Å². The summed E-state index contributed by atoms with van der Waals surface area (Å²) < 4.78 is 41.3. The molecule has 30 heavy (non-hydrogen) atoms. The number of hydrogen-bond donors (Lipinski definition) is 2. The Kier molecular flexibility index (Phi) is 4.97. The Balaban J connectivity index is 1.57. The summed E-state index contributed by atoms with van der Waals surface area (Å²) in [5, 5.41) is 19.0. The van der Waals surface area contributed by atoms with E-state index in [0.717, 1.165) is 19.4 Å². The van der Waals surface area contributed by atoms with Gasteiger partial charge in [0.05, 0.1) is 13.0 Å². The minimum atomic E-state index is -3.38. The van der Waals surface area contributed by atoms with E-state index in [0.29, 0.717) is 42.1 Å². The van der Waals surface area contributed by atoms with Gasteiger partial charge in [-0.1, -0.05) is 24.3 Å². The van der Waals surface area contributed by atoms with E-state index in [1.54, 1.807) is 30.3 Å². The number of aliphatic carboxylic acids is 1. The first-order valence-corrected chi connectivity index (χ1v) is 9.95. The molecule has 2 atom stereocenters. The number of carbonyl (C=O) groups is 1. The topological polar surface area (TPSA) is 76.0 Å². The minimum Gasteiger partial charge on any atom is -0.492 e. The van der Waals surface area contributed by atoms with Crippen LogP contribution < -0.4 is 9.47 Å². The molecule has 5 nitrogen and oxygen atoms in total. The number of ether oxygens (including phenoxy) is 2. The van der Waals surface area contributed by atoms with Gasteiger partial charge in [0.25, 0.3) is 0 Å². The van der Waals surface area contributed by atoms with Crippen LogP contribution in [-0.2, 0) is 17.1 Å². The highest BCUT2D eigenvalue weighted by Gasteiger charge is 2.49. The van der Waals surface area contributed by atoms with Crippen LogP contribution in [0.4, 0.5) is 8.78 Å². The smallest absolute Gasteiger partial charge is 0.304 e. The number of benzene rings is 2. The number of aliphatic hydroxyl groups is 1. The minimum absolute atomic E-state index is 0.00139. The van der Waals surface area contributed by atoms with Crippen LogP contribution in [0.1, 0.15) is 61.0 Å². The Morgan fingerprint density at radius 1 is 1.23 bits per heavy atom. The average Bonchev–Trinajstić information content (AvgIpc) is 3.24. The highest BCUT2D eigenvalue weighted by molar-refractivity contribution is 5.68. The lowest BCUT2D eigenvalue weighted by molar-refractivity contribution is -0.169. The molecule has 4 rings (SSSR count). The second-order valence-electron chi connectivity index (χ2n) is 8.46. The van der Waals surface area contributed by atoms with Crippen molar-refractivity contribution in [1.29, 1.82) is 0 Å². The van der Waals surface area contributed by atoms with E-state index < -0.39 is 17.5 Å². The zero-order valence-electron chi connectivity index (χ0n) is 16.8. The molecule has 1 unspecified atom stereocenters. The maximum atomic E-state index is 14.8. The van der Waals surface area contributed by atoms with Gasteiger partial charge in [0, 0.05) is 23.1 Å². The molecule has 0 saturated heterocycles. The van der Waals surface area contributed by atoms with Crippen molar-refractivity contribution in [3.63, 3.8) is 0 Å². The van der Waals surface area contributed by atoms with Gasteiger partial charge in [0.1, 0.15) is 23.2 Å². The molecule has 1 aliphatic heterocycles. The molecule has 2 aliphatic rings. The Bertz CT molecular complexity index is 980. The quantitative estimate of drug-likeness (QED) is 0.719. The normalized spacial score (nSPS) is 20.4. The van der Waals surface area contributed by atoms with Gasteiger partial charge in [0.15, 0.2) is 0 Å². The molecule has 1 aliphatic carbocycles. The van der Waals surface area contributed by atoms with Crippen molar-refractivity contribution in [3.05, 3.63) is 58.7 Å². The van der Waals surface area contributed by atoms with E-state index >= 15 is 0 Å². The second kappa shape index (κ2) is 7.23. The summed E-state index contributed by atoms with van der Waals surface area (Å²) in [6.45, 7) is 2.53. The van der Waals surface area contributed by atoms with Gasteiger partial charge in [-0.05, 0) is 43.9 Å². The maximum Gasteiger partial charge on any atom is 0.304 e. The van der Waals surface area contributed by atoms with Gasteiger partial charge < -0.3 is 19.7 Å². The van der Waals surface area contributed by atoms with E-state index in [9.17, 15) is 18.7 Å². The van der Waals surface area contributed by atoms with Gasteiger partial charge in [-0.2, -0.15) is 8.78 Å². The molecule has 0 amide bonds. The Hall–Kier alpha value is -2.67. The van der Waals surface area contributed by atoms with E-state index in [4.69, 9.17) is 14.6 Å². The summed E-state index contributed by atoms with van der Waals surface area (Å²) in [7, 11) is 0. The van der Waals surface area contributed by atoms with Crippen molar-refractivity contribution in [1.82, 2.24) is 0 Å². The summed E-state index contributed by atoms with van der Waals surface area (Å²) >= 11 is 0. The molecule has 160 valence electrons. The summed E-state index contributed by atoms with van der Waals surface area (Å²) in [5.74, 6) is -3.31. The number of halogens is 2. The lowest BCUT2D eigenvalue weighted by Crippen LogP contribution is -2.40. The van der Waals surface area contributed by atoms with Crippen LogP contribution in [0, 0.1) is 0 Å². The second-order valence-corrected chi connectivity index (χ2v) is 8.46. The lowest BCUT2D eigenvalue weighted by Gasteiger charge is -2.31. The molecule has 0 saturated carbocycles. The van der Waals surface area contributed by atoms with Crippen molar-refractivity contribution in [2.24, 2.45) is 0 Å². The monoisotopic (exact) mass is 418 g/mol. The highest BCUT2D eigenvalue weighted by atomic mass is 19.3. The molecule has 2 aromatic rings. The standard InChI is InChI=1S/C23H24F2O5/c1-22(2,28)23(24,25)18-5-3-4-17-16(18)8-9-19(17)30-14-6-7-15-13(10-21(26)27)12-29-20(15)11-14/h3-7,11,13,19,28H,8-10,12H2,1-2H3,(H,26,27)/t13?,19-/m1/s1. The largest absolute Gasteiger partial charge is 0.492 e. The molecule has 0 fully saturated rings. The average molecular weight is 418 g/mol. The Morgan fingerprint density at radius 2 is 2.00 bits per heavy atom. The molecule has 7 heteroatoms. The van der Waals surface area contributed by atoms with E-state index in [-0.39, 0.29) is 24.0 Å². The first-order chi connectivity index (χ1) is 14.1. The molecule has 1 heterocycles. The van der Waals surface area contributed by atoms with Crippen molar-refractivity contribution >= 4 is 5.97 Å². The predicted octanol–water partition coefficient (Wildman–Crippen LogP) is 4.57. The van der Waals surface area contributed by atoms with E-state index in [1.165, 1.54) is 6.07 Å². The van der Waals surface area contributed by atoms with Crippen LogP contribution >= 0.6 is 0 Å². The fourth-order valence-electron chi connectivity index (χ4n) is 4.24. The van der Waals surface area contributed by atoms with Crippen molar-refractivity contribution < 1.29 is 33.3 Å². The molecule has 2 aromatic carbocycles. The molecule has 0 radical (unpaired) electrons. The first-order valence-electron chi connectivity index (χ1n) is 9.95. The lowest BCUT2D eigenvalue weighted by atomic mass is 9.89. The number of carboxylic acids is 1. The third-order valence-corrected chi connectivity index (χ3v) is 5.89. The van der Waals surface area contributed by atoms with Gasteiger partial charge >= 0.3 is 11.9 Å². The van der Waals surface area contributed by atoms with Crippen molar-refractivity contribution in [3.8, 4) is 11.5 Å². The SMILES string of the molecule is CC(C)(O)C(F)(F)c1cccc2c1CC[C@H]2Oc1ccc2c(c1)OCC2CC(=O)O. The summed E-state index contributed by atoms with van der Waals surface area (Å²) in [4.78, 5) is 11.0. The zero-order valence-corrected chi connectivity index (χ0v) is 16.8. The van der Waals surface area contributed by atoms with Crippen LogP contribution in [0.3, 0.4) is 0 Å². The Labute approximate surface area is 173 Å². The molecule has 0 aromatic heterocycles. The van der Waals surface area contributed by atoms with Gasteiger partial charge in [-0.3, -0.25) is 4.79 Å². The fraction of sp³-hybridized carbons (Fsp3) is 0.435. The van der Waals surface area contributed by atoms with Crippen LogP contribution in [0.2, 0.25) is 0 Å². The summed E-state index contributed by atoms with van der Waals surface area (Å²) in [6.07, 6.45) is 0.603. The van der Waals surface area contributed by atoms with Crippen LogP contribution in [0.25, 0.3) is 0 Å². The summed E-state index contributed by atoms with van der Waals surface area (Å²) in [5.41, 5.74) is -0.281. The van der Waals surface area contributed by atoms with Gasteiger partial charge in [-0.25, -0.2) is 0 Å². The van der Waals surface area contributed by atoms with Crippen LogP contribution in [0.15, 0.2) is 36.4 Å². The van der Waals surface area contributed by atoms with E-state index in [1.807, 2.05) is 0 Å². The predicted molar refractivity (Wildman–Crippen MR) is 105 cm³/mol. The molecule has 2 N–H and O–H groups in total. The number of hydrogen-bond acceptors (Lipinski definition) is 4. The van der Waals surface area contributed by atoms with Crippen LogP contribution in [0.5, 0.6) is 11.5 Å². The van der Waals surface area contributed by atoms with E-state index in [2.05, 4.69) is 0 Å². The third kappa shape index (κ3) is 3.51. The fourth-order valence-corrected chi connectivity index (χ4v) is 4.24. The Morgan fingerprint density at radius 3 is 2.70 bits per heavy atom. The third-order valence-electron chi connectivity index (χ3n) is 5.89. The molecular formula is C23H24F2O5. The summed E-state index contributed by atoms with van der Waals surface area (Å²) in [6, 6.07) is 10.0. The zero-order chi connectivity index (χ0) is 21.7.